The van der Waals surface area contributed by atoms with E-state index >= 15 is 0 Å². The standard InChI is InChI=1S/C14H18N2O3/c1-9(2)14-15-13(19-16-14)8-18-12-6-4-11(5-7-12)10(3)17/h4-7,9-10,17H,8H2,1-3H3/t10-/m0/s1. The van der Waals surface area contributed by atoms with E-state index < -0.39 is 6.10 Å². The lowest BCUT2D eigenvalue weighted by Crippen LogP contribution is -1.97. The van der Waals surface area contributed by atoms with E-state index in [9.17, 15) is 5.11 Å². The fourth-order valence-corrected chi connectivity index (χ4v) is 1.55. The molecule has 5 heteroatoms. The second-order valence-corrected chi connectivity index (χ2v) is 4.73. The summed E-state index contributed by atoms with van der Waals surface area (Å²) >= 11 is 0. The van der Waals surface area contributed by atoms with Gasteiger partial charge in [-0.1, -0.05) is 31.1 Å². The summed E-state index contributed by atoms with van der Waals surface area (Å²) in [6, 6.07) is 7.27. The van der Waals surface area contributed by atoms with Crippen LogP contribution in [-0.2, 0) is 6.61 Å². The highest BCUT2D eigenvalue weighted by Gasteiger charge is 2.10. The molecular formula is C14H18N2O3. The zero-order valence-electron chi connectivity index (χ0n) is 11.3. The van der Waals surface area contributed by atoms with Crippen LogP contribution in [0.1, 0.15) is 50.1 Å². The molecule has 0 fully saturated rings. The first-order chi connectivity index (χ1) is 9.06. The van der Waals surface area contributed by atoms with E-state index in [1.54, 1.807) is 6.92 Å². The lowest BCUT2D eigenvalue weighted by Gasteiger charge is -2.06. The van der Waals surface area contributed by atoms with Crippen LogP contribution in [-0.4, -0.2) is 15.2 Å². The predicted molar refractivity (Wildman–Crippen MR) is 69.8 cm³/mol. The first kappa shape index (κ1) is 13.5. The van der Waals surface area contributed by atoms with Gasteiger partial charge in [-0.3, -0.25) is 0 Å². The number of aliphatic hydroxyl groups excluding tert-OH is 1. The van der Waals surface area contributed by atoms with Crippen LogP contribution in [0.3, 0.4) is 0 Å². The van der Waals surface area contributed by atoms with Crippen molar-refractivity contribution >= 4 is 0 Å². The highest BCUT2D eigenvalue weighted by molar-refractivity contribution is 5.28. The molecule has 1 aromatic heterocycles. The zero-order chi connectivity index (χ0) is 13.8. The number of aliphatic hydroxyl groups is 1. The van der Waals surface area contributed by atoms with Crippen LogP contribution in [0, 0.1) is 0 Å². The van der Waals surface area contributed by atoms with E-state index in [4.69, 9.17) is 9.26 Å². The third kappa shape index (κ3) is 3.54. The number of aromatic nitrogens is 2. The van der Waals surface area contributed by atoms with Crippen molar-refractivity contribution in [1.82, 2.24) is 10.1 Å². The van der Waals surface area contributed by atoms with Crippen molar-refractivity contribution < 1.29 is 14.4 Å². The van der Waals surface area contributed by atoms with Gasteiger partial charge in [0.1, 0.15) is 5.75 Å². The summed E-state index contributed by atoms with van der Waals surface area (Å²) in [5.41, 5.74) is 0.854. The van der Waals surface area contributed by atoms with E-state index in [0.717, 1.165) is 5.56 Å². The van der Waals surface area contributed by atoms with Crippen molar-refractivity contribution in [1.29, 1.82) is 0 Å². The van der Waals surface area contributed by atoms with E-state index in [-0.39, 0.29) is 12.5 Å². The van der Waals surface area contributed by atoms with Gasteiger partial charge >= 0.3 is 0 Å². The van der Waals surface area contributed by atoms with E-state index in [1.807, 2.05) is 38.1 Å². The summed E-state index contributed by atoms with van der Waals surface area (Å²) in [4.78, 5) is 4.23. The van der Waals surface area contributed by atoms with Crippen LogP contribution in [0.25, 0.3) is 0 Å². The summed E-state index contributed by atoms with van der Waals surface area (Å²) in [6.45, 7) is 5.98. The predicted octanol–water partition coefficient (Wildman–Crippen LogP) is 2.83. The van der Waals surface area contributed by atoms with Crippen molar-refractivity contribution in [3.05, 3.63) is 41.5 Å². The number of rotatable bonds is 5. The highest BCUT2D eigenvalue weighted by atomic mass is 16.5. The largest absolute Gasteiger partial charge is 0.484 e. The molecule has 0 bridgehead atoms. The smallest absolute Gasteiger partial charge is 0.264 e. The maximum absolute atomic E-state index is 9.40. The molecule has 102 valence electrons. The summed E-state index contributed by atoms with van der Waals surface area (Å²) in [6.07, 6.45) is -0.474. The average molecular weight is 262 g/mol. The monoisotopic (exact) mass is 262 g/mol. The van der Waals surface area contributed by atoms with Gasteiger partial charge in [0.15, 0.2) is 12.4 Å². The maximum Gasteiger partial charge on any atom is 0.264 e. The highest BCUT2D eigenvalue weighted by Crippen LogP contribution is 2.18. The fourth-order valence-electron chi connectivity index (χ4n) is 1.55. The molecule has 1 atom stereocenters. The van der Waals surface area contributed by atoms with Gasteiger partial charge in [0.2, 0.25) is 0 Å². The molecule has 1 N–H and O–H groups in total. The molecule has 0 aliphatic carbocycles. The Labute approximate surface area is 112 Å². The minimum absolute atomic E-state index is 0.239. The van der Waals surface area contributed by atoms with E-state index in [0.29, 0.717) is 17.5 Å². The topological polar surface area (TPSA) is 68.4 Å². The van der Waals surface area contributed by atoms with Crippen LogP contribution in [0.2, 0.25) is 0 Å². The normalized spacial score (nSPS) is 12.7. The zero-order valence-corrected chi connectivity index (χ0v) is 11.3. The van der Waals surface area contributed by atoms with Crippen LogP contribution < -0.4 is 4.74 Å². The van der Waals surface area contributed by atoms with E-state index in [1.165, 1.54) is 0 Å². The molecule has 2 aromatic rings. The molecule has 0 unspecified atom stereocenters. The molecule has 5 nitrogen and oxygen atoms in total. The Hall–Kier alpha value is -1.88. The van der Waals surface area contributed by atoms with Gasteiger partial charge in [-0.2, -0.15) is 4.98 Å². The van der Waals surface area contributed by atoms with Crippen molar-refractivity contribution in [3.8, 4) is 5.75 Å². The Morgan fingerprint density at radius 3 is 2.42 bits per heavy atom. The van der Waals surface area contributed by atoms with Crippen LogP contribution in [0.5, 0.6) is 5.75 Å². The minimum atomic E-state index is -0.474. The van der Waals surface area contributed by atoms with Crippen LogP contribution >= 0.6 is 0 Å². The molecule has 0 saturated carbocycles. The first-order valence-corrected chi connectivity index (χ1v) is 6.29. The van der Waals surface area contributed by atoms with Crippen molar-refractivity contribution in [2.75, 3.05) is 0 Å². The minimum Gasteiger partial charge on any atom is -0.484 e. The van der Waals surface area contributed by atoms with Crippen molar-refractivity contribution in [2.45, 2.75) is 39.4 Å². The number of nitrogens with zero attached hydrogens (tertiary/aromatic N) is 2. The molecule has 0 spiro atoms. The van der Waals surface area contributed by atoms with Gasteiger partial charge < -0.3 is 14.4 Å². The Bertz CT molecular complexity index is 518. The van der Waals surface area contributed by atoms with Gasteiger partial charge in [0.25, 0.3) is 5.89 Å². The Morgan fingerprint density at radius 1 is 1.21 bits per heavy atom. The lowest BCUT2D eigenvalue weighted by atomic mass is 10.1. The fraction of sp³-hybridized carbons (Fsp3) is 0.429. The molecule has 19 heavy (non-hydrogen) atoms. The first-order valence-electron chi connectivity index (χ1n) is 6.29. The molecule has 0 aliphatic heterocycles. The molecule has 0 radical (unpaired) electrons. The summed E-state index contributed by atoms with van der Waals surface area (Å²) in [7, 11) is 0. The Balaban J connectivity index is 1.94. The molecule has 2 rings (SSSR count). The SMILES string of the molecule is CC(C)c1noc(COc2ccc([C@H](C)O)cc2)n1. The molecule has 1 heterocycles. The summed E-state index contributed by atoms with van der Waals surface area (Å²) in [5, 5.41) is 13.3. The Morgan fingerprint density at radius 2 is 1.89 bits per heavy atom. The second kappa shape index (κ2) is 5.84. The van der Waals surface area contributed by atoms with Gasteiger partial charge in [0.05, 0.1) is 6.10 Å². The van der Waals surface area contributed by atoms with E-state index in [2.05, 4.69) is 10.1 Å². The number of hydrogen-bond acceptors (Lipinski definition) is 5. The molecule has 0 amide bonds. The van der Waals surface area contributed by atoms with Gasteiger partial charge in [-0.25, -0.2) is 0 Å². The molecule has 0 aliphatic rings. The van der Waals surface area contributed by atoms with Gasteiger partial charge in [-0.15, -0.1) is 0 Å². The van der Waals surface area contributed by atoms with Gasteiger partial charge in [0, 0.05) is 5.92 Å². The molecular weight excluding hydrogens is 244 g/mol. The van der Waals surface area contributed by atoms with Crippen LogP contribution in [0.15, 0.2) is 28.8 Å². The number of hydrogen-bond donors (Lipinski definition) is 1. The second-order valence-electron chi connectivity index (χ2n) is 4.73. The third-order valence-corrected chi connectivity index (χ3v) is 2.73. The summed E-state index contributed by atoms with van der Waals surface area (Å²) < 4.78 is 10.6. The molecule has 1 aromatic carbocycles. The van der Waals surface area contributed by atoms with Crippen molar-refractivity contribution in [2.24, 2.45) is 0 Å². The Kier molecular flexibility index (Phi) is 4.16. The summed E-state index contributed by atoms with van der Waals surface area (Å²) in [5.74, 6) is 2.09. The van der Waals surface area contributed by atoms with Gasteiger partial charge in [-0.05, 0) is 24.6 Å². The number of ether oxygens (including phenoxy) is 1. The quantitative estimate of drug-likeness (QED) is 0.897. The molecule has 0 saturated heterocycles. The third-order valence-electron chi connectivity index (χ3n) is 2.73. The van der Waals surface area contributed by atoms with Crippen molar-refractivity contribution in [3.63, 3.8) is 0 Å². The average Bonchev–Trinajstić information content (AvgIpc) is 2.86. The number of benzene rings is 1. The maximum atomic E-state index is 9.40. The van der Waals surface area contributed by atoms with Crippen LogP contribution in [0.4, 0.5) is 0 Å². The lowest BCUT2D eigenvalue weighted by molar-refractivity contribution is 0.199.